The van der Waals surface area contributed by atoms with Crippen LogP contribution in [-0.2, 0) is 6.54 Å². The summed E-state index contributed by atoms with van der Waals surface area (Å²) in [5.74, 6) is 0. The summed E-state index contributed by atoms with van der Waals surface area (Å²) in [7, 11) is 0. The van der Waals surface area contributed by atoms with E-state index in [0.717, 1.165) is 27.8 Å². The second-order valence-corrected chi connectivity index (χ2v) is 6.39. The first-order valence-corrected chi connectivity index (χ1v) is 8.08. The van der Waals surface area contributed by atoms with E-state index in [2.05, 4.69) is 22.2 Å². The normalized spacial score (nSPS) is 11.1. The molecule has 1 N–H and O–H groups in total. The number of nitrogens with one attached hydrogen (secondary N) is 1. The minimum Gasteiger partial charge on any atom is -0.362 e. The number of fused-ring (bicyclic) bond motifs is 1. The van der Waals surface area contributed by atoms with Crippen molar-refractivity contribution in [1.29, 1.82) is 0 Å². The van der Waals surface area contributed by atoms with Crippen LogP contribution in [0.15, 0.2) is 28.8 Å². The summed E-state index contributed by atoms with van der Waals surface area (Å²) < 4.78 is 1.63. The number of aromatic nitrogens is 3. The summed E-state index contributed by atoms with van der Waals surface area (Å²) in [5, 5.41) is 6.73. The van der Waals surface area contributed by atoms with Gasteiger partial charge in [0.05, 0.1) is 18.3 Å². The largest absolute Gasteiger partial charge is 0.362 e. The van der Waals surface area contributed by atoms with Crippen molar-refractivity contribution in [1.82, 2.24) is 14.5 Å². The van der Waals surface area contributed by atoms with Gasteiger partial charge in [0.2, 0.25) is 0 Å². The smallest absolute Gasteiger partial charge is 0.262 e. The molecular formula is C13H14N4OS2. The molecule has 0 aromatic carbocycles. The molecule has 3 heterocycles. The zero-order chi connectivity index (χ0) is 13.9. The Kier molecular flexibility index (Phi) is 3.79. The van der Waals surface area contributed by atoms with E-state index in [0.29, 0.717) is 11.9 Å². The third-order valence-electron chi connectivity index (χ3n) is 2.86. The van der Waals surface area contributed by atoms with Crippen LogP contribution in [0, 0.1) is 0 Å². The molecule has 0 amide bonds. The number of nitrogens with zero attached hydrogens (tertiary/aromatic N) is 3. The summed E-state index contributed by atoms with van der Waals surface area (Å²) in [6, 6.07) is 1.83. The highest BCUT2D eigenvalue weighted by Gasteiger charge is 2.07. The lowest BCUT2D eigenvalue weighted by Crippen LogP contribution is -2.19. The number of thiophene rings is 1. The van der Waals surface area contributed by atoms with Crippen LogP contribution in [0.5, 0.6) is 0 Å². The average Bonchev–Trinajstić information content (AvgIpc) is 3.09. The highest BCUT2D eigenvalue weighted by Crippen LogP contribution is 2.19. The first-order valence-electron chi connectivity index (χ1n) is 6.39. The van der Waals surface area contributed by atoms with Crippen LogP contribution < -0.4 is 10.9 Å². The Hall–Kier alpha value is -1.73. The standard InChI is InChI=1S/C13H14N4OS2/c1-2-4-14-13-15-6-9(20-13)7-17-8-16-11-10(12(17)18)3-5-19-11/h3,5-6,8H,2,4,7H2,1H3,(H,14,15). The Labute approximate surface area is 123 Å². The van der Waals surface area contributed by atoms with Gasteiger partial charge in [-0.05, 0) is 17.9 Å². The second kappa shape index (κ2) is 5.72. The fraction of sp³-hybridized carbons (Fsp3) is 0.308. The Morgan fingerprint density at radius 1 is 1.40 bits per heavy atom. The number of hydrogen-bond acceptors (Lipinski definition) is 6. The van der Waals surface area contributed by atoms with Gasteiger partial charge in [0.25, 0.3) is 5.56 Å². The molecule has 7 heteroatoms. The van der Waals surface area contributed by atoms with Crippen molar-refractivity contribution in [3.05, 3.63) is 39.2 Å². The molecule has 0 fully saturated rings. The quantitative estimate of drug-likeness (QED) is 0.787. The molecule has 0 bridgehead atoms. The van der Waals surface area contributed by atoms with E-state index in [4.69, 9.17) is 0 Å². The second-order valence-electron chi connectivity index (χ2n) is 4.38. The Morgan fingerprint density at radius 2 is 2.30 bits per heavy atom. The van der Waals surface area contributed by atoms with Crippen molar-refractivity contribution < 1.29 is 0 Å². The molecule has 0 saturated heterocycles. The molecule has 0 aliphatic heterocycles. The molecule has 104 valence electrons. The third-order valence-corrected chi connectivity index (χ3v) is 4.62. The van der Waals surface area contributed by atoms with Gasteiger partial charge in [0.1, 0.15) is 4.83 Å². The maximum atomic E-state index is 12.3. The zero-order valence-corrected chi connectivity index (χ0v) is 12.6. The minimum atomic E-state index is 0.00715. The van der Waals surface area contributed by atoms with Crippen molar-refractivity contribution in [2.24, 2.45) is 0 Å². The predicted octanol–water partition coefficient (Wildman–Crippen LogP) is 2.78. The van der Waals surface area contributed by atoms with Gasteiger partial charge in [-0.15, -0.1) is 22.7 Å². The molecule has 3 aromatic heterocycles. The lowest BCUT2D eigenvalue weighted by Gasteiger charge is -2.02. The van der Waals surface area contributed by atoms with Crippen LogP contribution in [0.3, 0.4) is 0 Å². The molecular weight excluding hydrogens is 292 g/mol. The number of anilines is 1. The van der Waals surface area contributed by atoms with Crippen LogP contribution in [0.25, 0.3) is 10.2 Å². The van der Waals surface area contributed by atoms with Crippen molar-refractivity contribution in [3.63, 3.8) is 0 Å². The van der Waals surface area contributed by atoms with Gasteiger partial charge in [-0.2, -0.15) is 0 Å². The van der Waals surface area contributed by atoms with Gasteiger partial charge < -0.3 is 5.32 Å². The van der Waals surface area contributed by atoms with Gasteiger partial charge in [-0.25, -0.2) is 9.97 Å². The molecule has 0 radical (unpaired) electrons. The maximum Gasteiger partial charge on any atom is 0.262 e. The summed E-state index contributed by atoms with van der Waals surface area (Å²) in [6.07, 6.45) is 4.49. The molecule has 3 rings (SSSR count). The van der Waals surface area contributed by atoms with E-state index < -0.39 is 0 Å². The molecule has 0 atom stereocenters. The van der Waals surface area contributed by atoms with Crippen LogP contribution in [0.2, 0.25) is 0 Å². The highest BCUT2D eigenvalue weighted by atomic mass is 32.1. The summed E-state index contributed by atoms with van der Waals surface area (Å²) in [6.45, 7) is 3.54. The van der Waals surface area contributed by atoms with Gasteiger partial charge >= 0.3 is 0 Å². The lowest BCUT2D eigenvalue weighted by atomic mass is 10.4. The topological polar surface area (TPSA) is 59.8 Å². The monoisotopic (exact) mass is 306 g/mol. The van der Waals surface area contributed by atoms with E-state index in [1.54, 1.807) is 22.2 Å². The van der Waals surface area contributed by atoms with Crippen molar-refractivity contribution >= 4 is 38.0 Å². The molecule has 0 saturated carbocycles. The van der Waals surface area contributed by atoms with E-state index in [1.165, 1.54) is 11.3 Å². The first kappa shape index (κ1) is 13.3. The molecule has 0 aliphatic rings. The van der Waals surface area contributed by atoms with Crippen LogP contribution >= 0.6 is 22.7 Å². The highest BCUT2D eigenvalue weighted by molar-refractivity contribution is 7.16. The Bertz CT molecular complexity index is 774. The van der Waals surface area contributed by atoms with Gasteiger partial charge in [0.15, 0.2) is 5.13 Å². The maximum absolute atomic E-state index is 12.3. The van der Waals surface area contributed by atoms with E-state index in [1.807, 2.05) is 17.6 Å². The number of rotatable bonds is 5. The van der Waals surface area contributed by atoms with Crippen molar-refractivity contribution in [2.45, 2.75) is 19.9 Å². The molecule has 3 aromatic rings. The number of hydrogen-bond donors (Lipinski definition) is 1. The Balaban J connectivity index is 1.83. The predicted molar refractivity (Wildman–Crippen MR) is 83.9 cm³/mol. The number of thiazole rings is 1. The van der Waals surface area contributed by atoms with E-state index in [9.17, 15) is 4.79 Å². The lowest BCUT2D eigenvalue weighted by molar-refractivity contribution is 0.758. The zero-order valence-electron chi connectivity index (χ0n) is 11.0. The van der Waals surface area contributed by atoms with Crippen LogP contribution in [0.4, 0.5) is 5.13 Å². The van der Waals surface area contributed by atoms with Gasteiger partial charge in [0, 0.05) is 17.6 Å². The fourth-order valence-corrected chi connectivity index (χ4v) is 3.43. The van der Waals surface area contributed by atoms with Crippen molar-refractivity contribution in [2.75, 3.05) is 11.9 Å². The third kappa shape index (κ3) is 2.59. The fourth-order valence-electron chi connectivity index (χ4n) is 1.87. The first-order chi connectivity index (χ1) is 9.78. The van der Waals surface area contributed by atoms with Crippen molar-refractivity contribution in [3.8, 4) is 0 Å². The van der Waals surface area contributed by atoms with Gasteiger partial charge in [-0.1, -0.05) is 6.92 Å². The minimum absolute atomic E-state index is 0.00715. The molecule has 0 aliphatic carbocycles. The summed E-state index contributed by atoms with van der Waals surface area (Å²) >= 11 is 3.06. The summed E-state index contributed by atoms with van der Waals surface area (Å²) in [5.41, 5.74) is 0.00715. The molecule has 0 spiro atoms. The van der Waals surface area contributed by atoms with E-state index >= 15 is 0 Å². The Morgan fingerprint density at radius 3 is 3.15 bits per heavy atom. The summed E-state index contributed by atoms with van der Waals surface area (Å²) in [4.78, 5) is 22.7. The van der Waals surface area contributed by atoms with Gasteiger partial charge in [-0.3, -0.25) is 9.36 Å². The van der Waals surface area contributed by atoms with Crippen LogP contribution in [0.1, 0.15) is 18.2 Å². The van der Waals surface area contributed by atoms with Crippen LogP contribution in [-0.4, -0.2) is 21.1 Å². The molecule has 0 unspecified atom stereocenters. The molecule has 5 nitrogen and oxygen atoms in total. The molecule has 20 heavy (non-hydrogen) atoms. The SMILES string of the molecule is CCCNc1ncc(Cn2cnc3sccc3c2=O)s1. The average molecular weight is 306 g/mol. The van der Waals surface area contributed by atoms with E-state index in [-0.39, 0.29) is 5.56 Å².